The van der Waals surface area contributed by atoms with Crippen LogP contribution < -0.4 is 0 Å². The summed E-state index contributed by atoms with van der Waals surface area (Å²) in [4.78, 5) is 25.4. The molecule has 1 aromatic rings. The van der Waals surface area contributed by atoms with E-state index >= 15 is 0 Å². The molecule has 4 heteroatoms. The lowest BCUT2D eigenvalue weighted by molar-refractivity contribution is -0.122. The summed E-state index contributed by atoms with van der Waals surface area (Å²) < 4.78 is 0. The zero-order chi connectivity index (χ0) is 13.1. The lowest BCUT2D eigenvalue weighted by Gasteiger charge is -2.11. The van der Waals surface area contributed by atoms with Gasteiger partial charge in [-0.25, -0.2) is 0 Å². The Bertz CT molecular complexity index is 534. The van der Waals surface area contributed by atoms with E-state index in [-0.39, 0.29) is 17.7 Å². The second-order valence-electron chi connectivity index (χ2n) is 4.14. The molecule has 2 rings (SSSR count). The fourth-order valence-electron chi connectivity index (χ4n) is 1.61. The van der Waals surface area contributed by atoms with Crippen LogP contribution in [0.15, 0.2) is 47.4 Å². The summed E-state index contributed by atoms with van der Waals surface area (Å²) in [5.41, 5.74) is 1.71. The van der Waals surface area contributed by atoms with Gasteiger partial charge >= 0.3 is 0 Å². The Morgan fingerprint density at radius 1 is 1.33 bits per heavy atom. The fourth-order valence-corrected chi connectivity index (χ4v) is 2.45. The summed E-state index contributed by atoms with van der Waals surface area (Å²) in [7, 11) is 0. The van der Waals surface area contributed by atoms with Crippen molar-refractivity contribution in [3.05, 3.63) is 53.0 Å². The predicted octanol–water partition coefficient (Wildman–Crippen LogP) is 3.30. The van der Waals surface area contributed by atoms with Crippen molar-refractivity contribution >= 4 is 29.0 Å². The number of hydrogen-bond donors (Lipinski definition) is 0. The highest BCUT2D eigenvalue weighted by atomic mass is 32.2. The van der Waals surface area contributed by atoms with E-state index in [4.69, 9.17) is 0 Å². The van der Waals surface area contributed by atoms with Crippen molar-refractivity contribution in [2.24, 2.45) is 0 Å². The highest BCUT2D eigenvalue weighted by Gasteiger charge is 2.34. The molecule has 1 saturated heterocycles. The van der Waals surface area contributed by atoms with Gasteiger partial charge in [-0.3, -0.25) is 14.5 Å². The minimum Gasteiger partial charge on any atom is -0.268 e. The first-order chi connectivity index (χ1) is 8.58. The standard InChI is InChI=1S/C14H13NO2S/c1-10(2)9-15-13(16)12(18-14(15)17)8-11-6-4-3-5-7-11/h3-8H,1,9H2,2H3/b12-8+. The van der Waals surface area contributed by atoms with Gasteiger partial charge in [0, 0.05) is 0 Å². The van der Waals surface area contributed by atoms with E-state index in [1.54, 1.807) is 13.0 Å². The maximum absolute atomic E-state index is 12.0. The Balaban J connectivity index is 2.23. The van der Waals surface area contributed by atoms with Gasteiger partial charge in [0.15, 0.2) is 0 Å². The number of carbonyl (C=O) groups is 2. The maximum atomic E-state index is 12.0. The van der Waals surface area contributed by atoms with Crippen LogP contribution in [0.25, 0.3) is 6.08 Å². The van der Waals surface area contributed by atoms with Crippen LogP contribution in [0, 0.1) is 0 Å². The van der Waals surface area contributed by atoms with Crippen LogP contribution in [0.3, 0.4) is 0 Å². The van der Waals surface area contributed by atoms with Gasteiger partial charge in [-0.2, -0.15) is 0 Å². The third-order valence-electron chi connectivity index (χ3n) is 2.40. The van der Waals surface area contributed by atoms with Crippen molar-refractivity contribution in [2.75, 3.05) is 6.54 Å². The molecule has 1 aliphatic heterocycles. The number of hydrogen-bond acceptors (Lipinski definition) is 3. The van der Waals surface area contributed by atoms with E-state index in [9.17, 15) is 9.59 Å². The zero-order valence-corrected chi connectivity index (χ0v) is 10.9. The van der Waals surface area contributed by atoms with E-state index in [0.29, 0.717) is 4.91 Å². The average Bonchev–Trinajstić information content (AvgIpc) is 2.58. The molecule has 1 heterocycles. The van der Waals surface area contributed by atoms with Gasteiger partial charge in [-0.1, -0.05) is 42.5 Å². The normalized spacial score (nSPS) is 17.6. The van der Waals surface area contributed by atoms with Gasteiger partial charge in [-0.05, 0) is 30.3 Å². The minimum atomic E-state index is -0.239. The molecule has 0 bridgehead atoms. The van der Waals surface area contributed by atoms with Crippen molar-refractivity contribution in [1.82, 2.24) is 4.90 Å². The molecule has 0 atom stereocenters. The van der Waals surface area contributed by atoms with Crippen LogP contribution in [-0.4, -0.2) is 22.6 Å². The van der Waals surface area contributed by atoms with E-state index in [1.807, 2.05) is 30.3 Å². The van der Waals surface area contributed by atoms with Crippen LogP contribution in [0.4, 0.5) is 4.79 Å². The summed E-state index contributed by atoms with van der Waals surface area (Å²) in [6.07, 6.45) is 1.74. The molecule has 1 aromatic carbocycles. The summed E-state index contributed by atoms with van der Waals surface area (Å²) in [5.74, 6) is -0.239. The van der Waals surface area contributed by atoms with Crippen LogP contribution in [0.2, 0.25) is 0 Å². The molecule has 0 radical (unpaired) electrons. The van der Waals surface area contributed by atoms with Gasteiger partial charge in [0.1, 0.15) is 0 Å². The highest BCUT2D eigenvalue weighted by Crippen LogP contribution is 2.32. The van der Waals surface area contributed by atoms with Gasteiger partial charge < -0.3 is 0 Å². The first kappa shape index (κ1) is 12.6. The molecule has 0 aromatic heterocycles. The molecule has 0 N–H and O–H groups in total. The molecule has 92 valence electrons. The van der Waals surface area contributed by atoms with Crippen molar-refractivity contribution in [3.63, 3.8) is 0 Å². The number of thioether (sulfide) groups is 1. The largest absolute Gasteiger partial charge is 0.293 e. The summed E-state index contributed by atoms with van der Waals surface area (Å²) in [6, 6.07) is 9.48. The van der Waals surface area contributed by atoms with E-state index < -0.39 is 0 Å². The number of benzene rings is 1. The Labute approximate surface area is 110 Å². The molecule has 1 aliphatic rings. The lowest BCUT2D eigenvalue weighted by atomic mass is 10.2. The van der Waals surface area contributed by atoms with Crippen LogP contribution in [0.1, 0.15) is 12.5 Å². The summed E-state index contributed by atoms with van der Waals surface area (Å²) in [5, 5.41) is -0.231. The summed E-state index contributed by atoms with van der Waals surface area (Å²) in [6.45, 7) is 5.81. The predicted molar refractivity (Wildman–Crippen MR) is 73.9 cm³/mol. The van der Waals surface area contributed by atoms with Crippen molar-refractivity contribution in [2.45, 2.75) is 6.92 Å². The average molecular weight is 259 g/mol. The molecule has 18 heavy (non-hydrogen) atoms. The molecule has 1 fully saturated rings. The number of imide groups is 1. The minimum absolute atomic E-state index is 0.231. The Morgan fingerprint density at radius 3 is 2.61 bits per heavy atom. The maximum Gasteiger partial charge on any atom is 0.293 e. The van der Waals surface area contributed by atoms with Gasteiger partial charge in [-0.15, -0.1) is 0 Å². The van der Waals surface area contributed by atoms with Gasteiger partial charge in [0.25, 0.3) is 11.1 Å². The number of nitrogens with zero attached hydrogens (tertiary/aromatic N) is 1. The van der Waals surface area contributed by atoms with E-state index in [1.165, 1.54) is 4.90 Å². The smallest absolute Gasteiger partial charge is 0.268 e. The first-order valence-electron chi connectivity index (χ1n) is 5.53. The SMILES string of the molecule is C=C(C)CN1C(=O)S/C(=C/c2ccccc2)C1=O. The zero-order valence-electron chi connectivity index (χ0n) is 10.1. The molecule has 2 amide bonds. The third-order valence-corrected chi connectivity index (χ3v) is 3.31. The number of carbonyl (C=O) groups excluding carboxylic acids is 2. The molecule has 0 aliphatic carbocycles. The highest BCUT2D eigenvalue weighted by molar-refractivity contribution is 8.18. The van der Waals surface area contributed by atoms with Gasteiger partial charge in [0.2, 0.25) is 0 Å². The second-order valence-corrected chi connectivity index (χ2v) is 5.13. The van der Waals surface area contributed by atoms with Crippen molar-refractivity contribution in [1.29, 1.82) is 0 Å². The molecule has 0 saturated carbocycles. The quantitative estimate of drug-likeness (QED) is 0.617. The van der Waals surface area contributed by atoms with E-state index in [2.05, 4.69) is 6.58 Å². The number of amides is 2. The monoisotopic (exact) mass is 259 g/mol. The van der Waals surface area contributed by atoms with Crippen LogP contribution in [-0.2, 0) is 4.79 Å². The number of rotatable bonds is 3. The molecular formula is C14H13NO2S. The van der Waals surface area contributed by atoms with Gasteiger partial charge in [0.05, 0.1) is 11.4 Å². The Hall–Kier alpha value is -1.81. The lowest BCUT2D eigenvalue weighted by Crippen LogP contribution is -2.29. The topological polar surface area (TPSA) is 37.4 Å². The fraction of sp³-hybridized carbons (Fsp3) is 0.143. The van der Waals surface area contributed by atoms with E-state index in [0.717, 1.165) is 22.9 Å². The second kappa shape index (κ2) is 5.23. The third kappa shape index (κ3) is 2.71. The first-order valence-corrected chi connectivity index (χ1v) is 6.34. The molecule has 3 nitrogen and oxygen atoms in total. The Morgan fingerprint density at radius 2 is 2.00 bits per heavy atom. The van der Waals surface area contributed by atoms with Crippen LogP contribution in [0.5, 0.6) is 0 Å². The Kier molecular flexibility index (Phi) is 3.67. The van der Waals surface area contributed by atoms with Crippen molar-refractivity contribution in [3.8, 4) is 0 Å². The van der Waals surface area contributed by atoms with Crippen LogP contribution >= 0.6 is 11.8 Å². The molecule has 0 spiro atoms. The molecule has 0 unspecified atom stereocenters. The molecular weight excluding hydrogens is 246 g/mol. The summed E-state index contributed by atoms with van der Waals surface area (Å²) >= 11 is 0.976. The van der Waals surface area contributed by atoms with Crippen molar-refractivity contribution < 1.29 is 9.59 Å².